The van der Waals surface area contributed by atoms with Crippen molar-refractivity contribution in [3.05, 3.63) is 78.4 Å². The molecule has 0 bridgehead atoms. The van der Waals surface area contributed by atoms with Gasteiger partial charge in [0.05, 0.1) is 16.6 Å². The first kappa shape index (κ1) is 15.7. The van der Waals surface area contributed by atoms with Crippen LogP contribution in [0.2, 0.25) is 0 Å². The van der Waals surface area contributed by atoms with E-state index >= 15 is 0 Å². The lowest BCUT2D eigenvalue weighted by Gasteiger charge is -2.02. The second kappa shape index (κ2) is 5.49. The largest absolute Gasteiger partial charge is 0.354 e. The van der Waals surface area contributed by atoms with Crippen LogP contribution in [0.1, 0.15) is 22.3 Å². The van der Waals surface area contributed by atoms with E-state index in [0.717, 1.165) is 38.8 Å². The molecule has 0 aliphatic heterocycles. The Morgan fingerprint density at radius 3 is 2.07 bits per heavy atom. The first-order valence-electron chi connectivity index (χ1n) is 9.07. The van der Waals surface area contributed by atoms with Gasteiger partial charge in [0.25, 0.3) is 0 Å². The fraction of sp³-hybridized carbons (Fsp3) is 0.0400. The summed E-state index contributed by atoms with van der Waals surface area (Å²) >= 11 is 0. The normalized spacial score (nSPS) is 11.6. The Bertz CT molecular complexity index is 1420. The highest BCUT2D eigenvalue weighted by Gasteiger charge is 2.16. The van der Waals surface area contributed by atoms with E-state index in [9.17, 15) is 0 Å². The Hall–Kier alpha value is -3.52. The zero-order valence-electron chi connectivity index (χ0n) is 15.3. The van der Waals surface area contributed by atoms with Crippen molar-refractivity contribution in [3.8, 4) is 0 Å². The average molecular weight is 348 g/mol. The van der Waals surface area contributed by atoms with Crippen molar-refractivity contribution in [1.82, 2.24) is 9.97 Å². The molecule has 5 aromatic rings. The Morgan fingerprint density at radius 1 is 0.667 bits per heavy atom. The smallest absolute Gasteiger partial charge is 0.0566 e. The molecular weight excluding hydrogens is 328 g/mol. The molecule has 2 heteroatoms. The number of hydrogen-bond acceptors (Lipinski definition) is 0. The summed E-state index contributed by atoms with van der Waals surface area (Å²) in [5.74, 6) is 0. The predicted molar refractivity (Wildman–Crippen MR) is 120 cm³/mol. The Balaban J connectivity index is 2.03. The summed E-state index contributed by atoms with van der Waals surface area (Å²) in [7, 11) is 0. The number of aromatic amines is 2. The van der Waals surface area contributed by atoms with Crippen LogP contribution in [-0.2, 0) is 0 Å². The van der Waals surface area contributed by atoms with Gasteiger partial charge in [0.1, 0.15) is 0 Å². The standard InChI is InChI=1S/C25H20N2/c1-5-15-9-11-18-19-12-13-21-22(25(19)27-24(18)17(15)7-3)20-10-8-14(4)16(6-2)23(20)26-21/h5-13,26-27H,1-3H2,4H3. The lowest BCUT2D eigenvalue weighted by Crippen LogP contribution is -1.82. The minimum absolute atomic E-state index is 1.09. The number of rotatable bonds is 3. The van der Waals surface area contributed by atoms with Crippen LogP contribution < -0.4 is 0 Å². The lowest BCUT2D eigenvalue weighted by molar-refractivity contribution is 1.45. The Morgan fingerprint density at radius 2 is 1.33 bits per heavy atom. The van der Waals surface area contributed by atoms with Crippen molar-refractivity contribution in [2.75, 3.05) is 0 Å². The summed E-state index contributed by atoms with van der Waals surface area (Å²) in [5.41, 5.74) is 9.09. The van der Waals surface area contributed by atoms with Crippen LogP contribution in [0, 0.1) is 6.92 Å². The zero-order chi connectivity index (χ0) is 18.7. The van der Waals surface area contributed by atoms with Crippen LogP contribution in [0.15, 0.2) is 56.1 Å². The zero-order valence-corrected chi connectivity index (χ0v) is 15.3. The molecule has 2 nitrogen and oxygen atoms in total. The van der Waals surface area contributed by atoms with Crippen LogP contribution in [0.25, 0.3) is 61.8 Å². The Kier molecular flexibility index (Phi) is 3.19. The van der Waals surface area contributed by atoms with Gasteiger partial charge in [-0.15, -0.1) is 0 Å². The molecule has 0 amide bonds. The lowest BCUT2D eigenvalue weighted by atomic mass is 10.0. The van der Waals surface area contributed by atoms with E-state index < -0.39 is 0 Å². The fourth-order valence-electron chi connectivity index (χ4n) is 4.32. The molecule has 0 saturated heterocycles. The van der Waals surface area contributed by atoms with Crippen molar-refractivity contribution in [3.63, 3.8) is 0 Å². The number of nitrogens with one attached hydrogen (secondary N) is 2. The molecule has 2 heterocycles. The van der Waals surface area contributed by atoms with Crippen molar-refractivity contribution < 1.29 is 0 Å². The molecule has 0 fully saturated rings. The molecule has 130 valence electrons. The summed E-state index contributed by atoms with van der Waals surface area (Å²) in [6, 6.07) is 13.0. The highest BCUT2D eigenvalue weighted by Crippen LogP contribution is 2.38. The quantitative estimate of drug-likeness (QED) is 0.346. The Labute approximate surface area is 157 Å². The second-order valence-corrected chi connectivity index (χ2v) is 6.98. The average Bonchev–Trinajstić information content (AvgIpc) is 3.24. The molecule has 5 rings (SSSR count). The number of aromatic nitrogens is 2. The first-order chi connectivity index (χ1) is 13.2. The van der Waals surface area contributed by atoms with E-state index in [4.69, 9.17) is 0 Å². The summed E-state index contributed by atoms with van der Waals surface area (Å²) in [5, 5.41) is 4.86. The third-order valence-corrected chi connectivity index (χ3v) is 5.65. The first-order valence-corrected chi connectivity index (χ1v) is 9.07. The molecule has 3 aromatic carbocycles. The number of hydrogen-bond donors (Lipinski definition) is 2. The predicted octanol–water partition coefficient (Wildman–Crippen LogP) is 7.19. The topological polar surface area (TPSA) is 31.6 Å². The van der Waals surface area contributed by atoms with E-state index in [1.165, 1.54) is 27.1 Å². The van der Waals surface area contributed by atoms with Gasteiger partial charge >= 0.3 is 0 Å². The van der Waals surface area contributed by atoms with E-state index in [1.54, 1.807) is 0 Å². The highest BCUT2D eigenvalue weighted by atomic mass is 14.7. The summed E-state index contributed by atoms with van der Waals surface area (Å²) in [6.07, 6.45) is 5.71. The van der Waals surface area contributed by atoms with Crippen LogP contribution in [-0.4, -0.2) is 9.97 Å². The SMILES string of the molecule is C=Cc1ccc2c([nH]c3c2ccc2[nH]c4c(C=C)c(C)ccc4c23)c1C=C. The van der Waals surface area contributed by atoms with Gasteiger partial charge in [-0.3, -0.25) is 0 Å². The van der Waals surface area contributed by atoms with Gasteiger partial charge in [0, 0.05) is 38.2 Å². The third kappa shape index (κ3) is 1.95. The van der Waals surface area contributed by atoms with Crippen molar-refractivity contribution >= 4 is 61.8 Å². The fourth-order valence-corrected chi connectivity index (χ4v) is 4.32. The molecule has 0 atom stereocenters. The highest BCUT2D eigenvalue weighted by molar-refractivity contribution is 6.25. The van der Waals surface area contributed by atoms with E-state index in [2.05, 4.69) is 73.0 Å². The minimum atomic E-state index is 1.09. The summed E-state index contributed by atoms with van der Waals surface area (Å²) in [4.78, 5) is 7.28. The molecule has 0 radical (unpaired) electrons. The van der Waals surface area contributed by atoms with Crippen molar-refractivity contribution in [2.24, 2.45) is 0 Å². The molecule has 0 unspecified atom stereocenters. The maximum absolute atomic E-state index is 4.01. The third-order valence-electron chi connectivity index (χ3n) is 5.65. The minimum Gasteiger partial charge on any atom is -0.354 e. The molecule has 0 saturated carbocycles. The van der Waals surface area contributed by atoms with Crippen LogP contribution in [0.5, 0.6) is 0 Å². The van der Waals surface area contributed by atoms with Gasteiger partial charge in [-0.05, 0) is 24.1 Å². The molecule has 27 heavy (non-hydrogen) atoms. The van der Waals surface area contributed by atoms with Crippen LogP contribution in [0.3, 0.4) is 0 Å². The van der Waals surface area contributed by atoms with Crippen LogP contribution in [0.4, 0.5) is 0 Å². The maximum atomic E-state index is 4.01. The van der Waals surface area contributed by atoms with Crippen molar-refractivity contribution in [2.45, 2.75) is 6.92 Å². The monoisotopic (exact) mass is 348 g/mol. The van der Waals surface area contributed by atoms with Gasteiger partial charge < -0.3 is 9.97 Å². The molecule has 0 aliphatic carbocycles. The van der Waals surface area contributed by atoms with E-state index in [1.807, 2.05) is 18.2 Å². The molecule has 2 aromatic heterocycles. The maximum Gasteiger partial charge on any atom is 0.0566 e. The van der Waals surface area contributed by atoms with Gasteiger partial charge in [-0.25, -0.2) is 0 Å². The van der Waals surface area contributed by atoms with Gasteiger partial charge in [-0.1, -0.05) is 68.3 Å². The number of H-pyrrole nitrogens is 2. The van der Waals surface area contributed by atoms with Crippen molar-refractivity contribution in [1.29, 1.82) is 0 Å². The van der Waals surface area contributed by atoms with E-state index in [-0.39, 0.29) is 0 Å². The number of benzene rings is 3. The summed E-state index contributed by atoms with van der Waals surface area (Å²) < 4.78 is 0. The molecule has 0 spiro atoms. The molecule has 0 aliphatic rings. The van der Waals surface area contributed by atoms with Gasteiger partial charge in [0.15, 0.2) is 0 Å². The van der Waals surface area contributed by atoms with Gasteiger partial charge in [-0.2, -0.15) is 0 Å². The summed E-state index contributed by atoms with van der Waals surface area (Å²) in [6.45, 7) is 14.1. The number of fused-ring (bicyclic) bond motifs is 7. The van der Waals surface area contributed by atoms with E-state index in [0.29, 0.717) is 0 Å². The molecule has 2 N–H and O–H groups in total. The molecular formula is C25H20N2. The number of aryl methyl sites for hydroxylation is 1. The van der Waals surface area contributed by atoms with Crippen LogP contribution >= 0.6 is 0 Å². The van der Waals surface area contributed by atoms with Gasteiger partial charge in [0.2, 0.25) is 0 Å². The second-order valence-electron chi connectivity index (χ2n) is 6.98.